The third kappa shape index (κ3) is 3.76. The third-order valence-electron chi connectivity index (χ3n) is 4.79. The lowest BCUT2D eigenvalue weighted by atomic mass is 9.98. The van der Waals surface area contributed by atoms with Crippen LogP contribution >= 0.6 is 0 Å². The van der Waals surface area contributed by atoms with Gasteiger partial charge in [0.2, 0.25) is 0 Å². The van der Waals surface area contributed by atoms with Crippen molar-refractivity contribution in [2.24, 2.45) is 0 Å². The quantitative estimate of drug-likeness (QED) is 0.899. The molecular formula is C17H28N4. The average molecular weight is 288 g/mol. The molecule has 1 saturated heterocycles. The zero-order valence-electron chi connectivity index (χ0n) is 13.4. The molecule has 2 aliphatic rings. The summed E-state index contributed by atoms with van der Waals surface area (Å²) >= 11 is 0. The fraction of sp³-hybridized carbons (Fsp3) is 0.647. The Labute approximate surface area is 128 Å². The van der Waals surface area contributed by atoms with Crippen molar-refractivity contribution in [3.8, 4) is 0 Å². The second-order valence-corrected chi connectivity index (χ2v) is 6.58. The fourth-order valence-electron chi connectivity index (χ4n) is 3.38. The van der Waals surface area contributed by atoms with Gasteiger partial charge in [-0.05, 0) is 32.1 Å². The molecule has 0 amide bonds. The summed E-state index contributed by atoms with van der Waals surface area (Å²) in [5.74, 6) is 0. The first-order chi connectivity index (χ1) is 10.2. The van der Waals surface area contributed by atoms with E-state index in [0.29, 0.717) is 6.04 Å². The van der Waals surface area contributed by atoms with Crippen molar-refractivity contribution < 1.29 is 0 Å². The minimum Gasteiger partial charge on any atom is -0.383 e. The topological polar surface area (TPSA) is 21.8 Å². The van der Waals surface area contributed by atoms with Crippen LogP contribution in [0.2, 0.25) is 0 Å². The van der Waals surface area contributed by atoms with Gasteiger partial charge >= 0.3 is 0 Å². The van der Waals surface area contributed by atoms with Crippen LogP contribution in [0.3, 0.4) is 0 Å². The molecule has 0 saturated carbocycles. The van der Waals surface area contributed by atoms with Crippen LogP contribution in [0.4, 0.5) is 5.69 Å². The molecular weight excluding hydrogens is 260 g/mol. The Morgan fingerprint density at radius 2 is 1.90 bits per heavy atom. The second-order valence-electron chi connectivity index (χ2n) is 6.58. The summed E-state index contributed by atoms with van der Waals surface area (Å²) in [5.41, 5.74) is 2.81. The largest absolute Gasteiger partial charge is 0.383 e. The van der Waals surface area contributed by atoms with Crippen LogP contribution in [0, 0.1) is 0 Å². The molecule has 0 spiro atoms. The zero-order chi connectivity index (χ0) is 14.7. The van der Waals surface area contributed by atoms with Gasteiger partial charge in [-0.25, -0.2) is 0 Å². The predicted octanol–water partition coefficient (Wildman–Crippen LogP) is 1.20. The normalized spacial score (nSPS) is 23.9. The molecule has 1 fully saturated rings. The molecule has 1 aromatic carbocycles. The molecule has 2 aliphatic heterocycles. The number of hydrogen-bond donors (Lipinski definition) is 1. The van der Waals surface area contributed by atoms with Crippen molar-refractivity contribution >= 4 is 5.69 Å². The first kappa shape index (κ1) is 14.8. The van der Waals surface area contributed by atoms with Crippen molar-refractivity contribution in [1.82, 2.24) is 14.7 Å². The second kappa shape index (κ2) is 6.77. The van der Waals surface area contributed by atoms with Crippen molar-refractivity contribution in [1.29, 1.82) is 0 Å². The van der Waals surface area contributed by atoms with Gasteiger partial charge in [0.15, 0.2) is 0 Å². The fourth-order valence-corrected chi connectivity index (χ4v) is 3.38. The van der Waals surface area contributed by atoms with Crippen LogP contribution < -0.4 is 5.32 Å². The predicted molar refractivity (Wildman–Crippen MR) is 89.0 cm³/mol. The molecule has 1 aromatic rings. The molecule has 1 unspecified atom stereocenters. The van der Waals surface area contributed by atoms with Gasteiger partial charge in [-0.3, -0.25) is 9.80 Å². The van der Waals surface area contributed by atoms with E-state index in [0.717, 1.165) is 6.54 Å². The van der Waals surface area contributed by atoms with Gasteiger partial charge in [-0.15, -0.1) is 0 Å². The van der Waals surface area contributed by atoms with Gasteiger partial charge in [-0.2, -0.15) is 0 Å². The molecule has 0 radical (unpaired) electrons. The molecule has 0 aromatic heterocycles. The van der Waals surface area contributed by atoms with E-state index < -0.39 is 0 Å². The highest BCUT2D eigenvalue weighted by molar-refractivity contribution is 5.53. The standard InChI is InChI=1S/C17H28N4/c1-19(2)7-8-20-9-11-21(12-10-20)16-13-15-5-3-4-6-17(15)18-14-16/h3-6,16,18H,7-14H2,1-2H3. The van der Waals surface area contributed by atoms with Crippen molar-refractivity contribution in [3.63, 3.8) is 0 Å². The molecule has 21 heavy (non-hydrogen) atoms. The Morgan fingerprint density at radius 3 is 2.67 bits per heavy atom. The van der Waals surface area contributed by atoms with Crippen LogP contribution in [0.5, 0.6) is 0 Å². The monoisotopic (exact) mass is 288 g/mol. The first-order valence-corrected chi connectivity index (χ1v) is 8.15. The SMILES string of the molecule is CN(C)CCN1CCN(C2CNc3ccccc3C2)CC1. The van der Waals surface area contributed by atoms with Crippen molar-refractivity contribution in [2.75, 3.05) is 65.2 Å². The van der Waals surface area contributed by atoms with E-state index >= 15 is 0 Å². The summed E-state index contributed by atoms with van der Waals surface area (Å²) in [6, 6.07) is 9.40. The first-order valence-electron chi connectivity index (χ1n) is 8.15. The smallest absolute Gasteiger partial charge is 0.0373 e. The Balaban J connectivity index is 1.49. The highest BCUT2D eigenvalue weighted by atomic mass is 15.3. The van der Waals surface area contributed by atoms with E-state index in [2.05, 4.69) is 58.4 Å². The van der Waals surface area contributed by atoms with E-state index in [4.69, 9.17) is 0 Å². The lowest BCUT2D eigenvalue weighted by molar-refractivity contribution is 0.0944. The Bertz CT molecular complexity index is 452. The maximum absolute atomic E-state index is 3.60. The molecule has 4 nitrogen and oxygen atoms in total. The minimum atomic E-state index is 0.663. The maximum atomic E-state index is 3.60. The molecule has 0 aliphatic carbocycles. The molecule has 0 bridgehead atoms. The molecule has 1 atom stereocenters. The number of rotatable bonds is 4. The van der Waals surface area contributed by atoms with Gasteiger partial charge in [-0.1, -0.05) is 18.2 Å². The highest BCUT2D eigenvalue weighted by Crippen LogP contribution is 2.24. The summed E-state index contributed by atoms with van der Waals surface area (Å²) < 4.78 is 0. The Kier molecular flexibility index (Phi) is 4.78. The summed E-state index contributed by atoms with van der Waals surface area (Å²) in [4.78, 5) is 7.55. The molecule has 1 N–H and O–H groups in total. The van der Waals surface area contributed by atoms with Crippen molar-refractivity contribution in [2.45, 2.75) is 12.5 Å². The zero-order valence-corrected chi connectivity index (χ0v) is 13.4. The maximum Gasteiger partial charge on any atom is 0.0373 e. The number of piperazine rings is 1. The van der Waals surface area contributed by atoms with Crippen LogP contribution in [0.1, 0.15) is 5.56 Å². The summed E-state index contributed by atoms with van der Waals surface area (Å²) in [5, 5.41) is 3.60. The van der Waals surface area contributed by atoms with E-state index in [1.54, 1.807) is 0 Å². The summed E-state index contributed by atoms with van der Waals surface area (Å²) in [6.45, 7) is 8.31. The number of likely N-dealkylation sites (N-methyl/N-ethyl adjacent to an activating group) is 1. The van der Waals surface area contributed by atoms with Crippen LogP contribution in [0.25, 0.3) is 0 Å². The van der Waals surface area contributed by atoms with Gasteiger partial charge < -0.3 is 10.2 Å². The van der Waals surface area contributed by atoms with E-state index in [1.807, 2.05) is 0 Å². The van der Waals surface area contributed by atoms with E-state index in [9.17, 15) is 0 Å². The van der Waals surface area contributed by atoms with Gasteiger partial charge in [0.25, 0.3) is 0 Å². The van der Waals surface area contributed by atoms with Gasteiger partial charge in [0.1, 0.15) is 0 Å². The lowest BCUT2D eigenvalue weighted by Crippen LogP contribution is -2.54. The Morgan fingerprint density at radius 1 is 1.14 bits per heavy atom. The number of fused-ring (bicyclic) bond motifs is 1. The molecule has 4 heteroatoms. The molecule has 2 heterocycles. The summed E-state index contributed by atoms with van der Waals surface area (Å²) in [6.07, 6.45) is 1.20. The average Bonchev–Trinajstić information content (AvgIpc) is 2.53. The van der Waals surface area contributed by atoms with Crippen LogP contribution in [0.15, 0.2) is 24.3 Å². The Hall–Kier alpha value is -1.10. The molecule has 3 rings (SSSR count). The van der Waals surface area contributed by atoms with Crippen LogP contribution in [-0.4, -0.2) is 80.7 Å². The summed E-state index contributed by atoms with van der Waals surface area (Å²) in [7, 11) is 4.31. The number of anilines is 1. The van der Waals surface area contributed by atoms with Gasteiger partial charge in [0.05, 0.1) is 0 Å². The van der Waals surface area contributed by atoms with Crippen molar-refractivity contribution in [3.05, 3.63) is 29.8 Å². The lowest BCUT2D eigenvalue weighted by Gasteiger charge is -2.41. The number of para-hydroxylation sites is 1. The molecule has 116 valence electrons. The third-order valence-corrected chi connectivity index (χ3v) is 4.79. The number of benzene rings is 1. The van der Waals surface area contributed by atoms with Gasteiger partial charge in [0, 0.05) is 57.5 Å². The number of hydrogen-bond acceptors (Lipinski definition) is 4. The number of nitrogens with one attached hydrogen (secondary N) is 1. The highest BCUT2D eigenvalue weighted by Gasteiger charge is 2.26. The van der Waals surface area contributed by atoms with E-state index in [1.165, 1.54) is 56.9 Å². The van der Waals surface area contributed by atoms with E-state index in [-0.39, 0.29) is 0 Å². The van der Waals surface area contributed by atoms with Crippen LogP contribution in [-0.2, 0) is 6.42 Å². The minimum absolute atomic E-state index is 0.663. The number of nitrogens with zero attached hydrogens (tertiary/aromatic N) is 3.